The molecule has 0 aliphatic rings. The molecule has 1 heterocycles. The number of aryl methyl sites for hydroxylation is 1. The van der Waals surface area contributed by atoms with E-state index in [1.807, 2.05) is 0 Å². The van der Waals surface area contributed by atoms with Gasteiger partial charge in [-0.2, -0.15) is 5.10 Å². The number of aromatic hydroxyl groups is 1. The van der Waals surface area contributed by atoms with Crippen molar-refractivity contribution in [1.29, 1.82) is 0 Å². The zero-order chi connectivity index (χ0) is 16.5. The van der Waals surface area contributed by atoms with E-state index in [4.69, 9.17) is 5.73 Å². The van der Waals surface area contributed by atoms with Crippen LogP contribution in [0.15, 0.2) is 24.4 Å². The number of nitrogens with two attached hydrogens (primary N) is 1. The maximum atomic E-state index is 13.1. The third-order valence-corrected chi connectivity index (χ3v) is 3.28. The van der Waals surface area contributed by atoms with E-state index >= 15 is 0 Å². The topological polar surface area (TPSA) is 93.2 Å². The summed E-state index contributed by atoms with van der Waals surface area (Å²) in [4.78, 5) is 12.2. The molecule has 6 nitrogen and oxygen atoms in total. The van der Waals surface area contributed by atoms with Crippen molar-refractivity contribution in [3.05, 3.63) is 41.5 Å². The van der Waals surface area contributed by atoms with Gasteiger partial charge in [-0.05, 0) is 44.5 Å². The molecule has 0 unspecified atom stereocenters. The zero-order valence-electron chi connectivity index (χ0n) is 13.1. The van der Waals surface area contributed by atoms with Crippen molar-refractivity contribution in [2.45, 2.75) is 26.3 Å². The van der Waals surface area contributed by atoms with Gasteiger partial charge in [-0.3, -0.25) is 4.79 Å². The molecule has 0 aliphatic heterocycles. The van der Waals surface area contributed by atoms with Crippen LogP contribution in [0.25, 0.3) is 5.69 Å². The minimum Gasteiger partial charge on any atom is -0.504 e. The molecule has 2 aromatic rings. The highest BCUT2D eigenvalue weighted by atomic mass is 35.5. The van der Waals surface area contributed by atoms with E-state index in [-0.39, 0.29) is 36.2 Å². The van der Waals surface area contributed by atoms with Crippen LogP contribution in [0.4, 0.5) is 4.39 Å². The van der Waals surface area contributed by atoms with Crippen LogP contribution < -0.4 is 11.1 Å². The van der Waals surface area contributed by atoms with Crippen molar-refractivity contribution in [3.63, 3.8) is 0 Å². The van der Waals surface area contributed by atoms with Crippen molar-refractivity contribution in [1.82, 2.24) is 15.1 Å². The van der Waals surface area contributed by atoms with Gasteiger partial charge < -0.3 is 16.2 Å². The summed E-state index contributed by atoms with van der Waals surface area (Å²) >= 11 is 0. The number of halogens is 2. The van der Waals surface area contributed by atoms with Gasteiger partial charge in [0, 0.05) is 12.1 Å². The molecule has 0 radical (unpaired) electrons. The molecule has 1 aromatic carbocycles. The smallest absolute Gasteiger partial charge is 0.276 e. The lowest BCUT2D eigenvalue weighted by Gasteiger charge is -2.23. The molecular formula is C15H20ClFN4O2. The van der Waals surface area contributed by atoms with Gasteiger partial charge in [-0.25, -0.2) is 9.07 Å². The molecule has 2 rings (SSSR count). The number of amides is 1. The fourth-order valence-corrected chi connectivity index (χ4v) is 1.94. The predicted molar refractivity (Wildman–Crippen MR) is 87.8 cm³/mol. The predicted octanol–water partition coefficient (Wildman–Crippen LogP) is 1.91. The quantitative estimate of drug-likeness (QED) is 0.791. The minimum absolute atomic E-state index is 0. The van der Waals surface area contributed by atoms with Gasteiger partial charge in [0.15, 0.2) is 11.4 Å². The summed E-state index contributed by atoms with van der Waals surface area (Å²) in [5.74, 6) is -1.14. The number of carbonyl (C=O) groups is 1. The molecular weight excluding hydrogens is 323 g/mol. The van der Waals surface area contributed by atoms with E-state index in [0.717, 1.165) is 0 Å². The highest BCUT2D eigenvalue weighted by molar-refractivity contribution is 5.95. The number of hydrogen-bond acceptors (Lipinski definition) is 4. The number of nitrogens with one attached hydrogen (secondary N) is 1. The average Bonchev–Trinajstić information content (AvgIpc) is 2.80. The van der Waals surface area contributed by atoms with Gasteiger partial charge in [0.2, 0.25) is 0 Å². The summed E-state index contributed by atoms with van der Waals surface area (Å²) < 4.78 is 14.5. The van der Waals surface area contributed by atoms with Crippen LogP contribution in [0, 0.1) is 12.7 Å². The molecule has 0 aliphatic carbocycles. The van der Waals surface area contributed by atoms with E-state index in [2.05, 4.69) is 10.4 Å². The Morgan fingerprint density at radius 3 is 2.70 bits per heavy atom. The summed E-state index contributed by atoms with van der Waals surface area (Å²) in [6, 6.07) is 4.17. The number of carbonyl (C=O) groups excluding carboxylic acids is 1. The molecule has 0 saturated carbocycles. The standard InChI is InChI=1S/C15H19FN4O2.ClH/c1-9-6-10(16)4-5-11(9)20-7-12(21)13(19-20)14(22)18-15(2,3)8-17;/h4-7,21H,8,17H2,1-3H3,(H,18,22);1H. The first-order valence-corrected chi connectivity index (χ1v) is 6.81. The van der Waals surface area contributed by atoms with Crippen molar-refractivity contribution in [2.75, 3.05) is 6.54 Å². The fraction of sp³-hybridized carbons (Fsp3) is 0.333. The second-order valence-corrected chi connectivity index (χ2v) is 5.78. The average molecular weight is 343 g/mol. The van der Waals surface area contributed by atoms with Gasteiger partial charge in [0.1, 0.15) is 5.82 Å². The first kappa shape index (κ1) is 18.9. The van der Waals surface area contributed by atoms with Crippen LogP contribution in [0.5, 0.6) is 5.75 Å². The van der Waals surface area contributed by atoms with Crippen LogP contribution in [0.3, 0.4) is 0 Å². The molecule has 0 atom stereocenters. The van der Waals surface area contributed by atoms with Crippen LogP contribution in [0.1, 0.15) is 29.9 Å². The Bertz CT molecular complexity index is 715. The molecule has 126 valence electrons. The van der Waals surface area contributed by atoms with E-state index < -0.39 is 11.4 Å². The Labute approximate surface area is 139 Å². The third kappa shape index (κ3) is 4.20. The maximum Gasteiger partial charge on any atom is 0.276 e. The van der Waals surface area contributed by atoms with E-state index in [0.29, 0.717) is 11.3 Å². The van der Waals surface area contributed by atoms with E-state index in [9.17, 15) is 14.3 Å². The van der Waals surface area contributed by atoms with Crippen molar-refractivity contribution >= 4 is 18.3 Å². The van der Waals surface area contributed by atoms with Crippen molar-refractivity contribution < 1.29 is 14.3 Å². The van der Waals surface area contributed by atoms with E-state index in [1.54, 1.807) is 20.8 Å². The highest BCUT2D eigenvalue weighted by Gasteiger charge is 2.24. The first-order valence-electron chi connectivity index (χ1n) is 6.81. The summed E-state index contributed by atoms with van der Waals surface area (Å²) in [6.45, 7) is 5.50. The lowest BCUT2D eigenvalue weighted by atomic mass is 10.1. The van der Waals surface area contributed by atoms with Crippen LogP contribution in [-0.2, 0) is 0 Å². The normalized spacial score (nSPS) is 11.0. The number of rotatable bonds is 4. The maximum absolute atomic E-state index is 13.1. The molecule has 0 saturated heterocycles. The monoisotopic (exact) mass is 342 g/mol. The van der Waals surface area contributed by atoms with Gasteiger partial charge in [-0.15, -0.1) is 12.4 Å². The Morgan fingerprint density at radius 1 is 1.48 bits per heavy atom. The summed E-state index contributed by atoms with van der Waals surface area (Å²) in [7, 11) is 0. The van der Waals surface area contributed by atoms with Gasteiger partial charge in [0.25, 0.3) is 5.91 Å². The third-order valence-electron chi connectivity index (χ3n) is 3.28. The molecule has 1 amide bonds. The minimum atomic E-state index is -0.612. The van der Waals surface area contributed by atoms with Gasteiger partial charge in [-0.1, -0.05) is 0 Å². The Hall–Kier alpha value is -2.12. The SMILES string of the molecule is Cc1cc(F)ccc1-n1cc(O)c(C(=O)NC(C)(C)CN)n1.Cl. The van der Waals surface area contributed by atoms with Gasteiger partial charge in [0.05, 0.1) is 11.9 Å². The molecule has 0 spiro atoms. The number of nitrogens with zero attached hydrogens (tertiary/aromatic N) is 2. The summed E-state index contributed by atoms with van der Waals surface area (Å²) in [6.07, 6.45) is 1.31. The van der Waals surface area contributed by atoms with E-state index in [1.165, 1.54) is 29.1 Å². The largest absolute Gasteiger partial charge is 0.504 e. The van der Waals surface area contributed by atoms with Crippen molar-refractivity contribution in [3.8, 4) is 11.4 Å². The molecule has 8 heteroatoms. The summed E-state index contributed by atoms with van der Waals surface area (Å²) in [5.41, 5.74) is 6.06. The molecule has 0 bridgehead atoms. The highest BCUT2D eigenvalue weighted by Crippen LogP contribution is 2.21. The number of benzene rings is 1. The van der Waals surface area contributed by atoms with Crippen LogP contribution in [0.2, 0.25) is 0 Å². The summed E-state index contributed by atoms with van der Waals surface area (Å²) in [5, 5.41) is 16.7. The molecule has 4 N–H and O–H groups in total. The first-order chi connectivity index (χ1) is 10.2. The fourth-order valence-electron chi connectivity index (χ4n) is 1.94. The van der Waals surface area contributed by atoms with Crippen LogP contribution >= 0.6 is 12.4 Å². The molecule has 0 fully saturated rings. The Kier molecular flexibility index (Phi) is 5.74. The second kappa shape index (κ2) is 6.97. The molecule has 1 aromatic heterocycles. The number of aromatic nitrogens is 2. The lowest BCUT2D eigenvalue weighted by Crippen LogP contribution is -2.49. The van der Waals surface area contributed by atoms with Gasteiger partial charge >= 0.3 is 0 Å². The van der Waals surface area contributed by atoms with Crippen molar-refractivity contribution in [2.24, 2.45) is 5.73 Å². The number of hydrogen-bond donors (Lipinski definition) is 3. The Morgan fingerprint density at radius 2 is 2.13 bits per heavy atom. The lowest BCUT2D eigenvalue weighted by molar-refractivity contribution is 0.0907. The zero-order valence-corrected chi connectivity index (χ0v) is 13.9. The Balaban J connectivity index is 0.00000264. The molecule has 23 heavy (non-hydrogen) atoms. The second-order valence-electron chi connectivity index (χ2n) is 5.78. The van der Waals surface area contributed by atoms with Crippen LogP contribution in [-0.4, -0.2) is 32.9 Å².